The molecule has 2 heterocycles. The lowest BCUT2D eigenvalue weighted by atomic mass is 10.0. The van der Waals surface area contributed by atoms with Gasteiger partial charge in [0, 0.05) is 29.9 Å². The van der Waals surface area contributed by atoms with E-state index in [1.165, 1.54) is 0 Å². The van der Waals surface area contributed by atoms with Gasteiger partial charge in [-0.1, -0.05) is 12.1 Å². The summed E-state index contributed by atoms with van der Waals surface area (Å²) in [4.78, 5) is 20.7. The molecule has 3 aromatic rings. The van der Waals surface area contributed by atoms with E-state index < -0.39 is 12.1 Å². The summed E-state index contributed by atoms with van der Waals surface area (Å²) in [6, 6.07) is 9.60. The van der Waals surface area contributed by atoms with Crippen molar-refractivity contribution in [1.29, 1.82) is 0 Å². The van der Waals surface area contributed by atoms with Crippen LogP contribution >= 0.6 is 0 Å². The first-order valence-electron chi connectivity index (χ1n) is 8.77. The van der Waals surface area contributed by atoms with Gasteiger partial charge >= 0.3 is 0 Å². The van der Waals surface area contributed by atoms with Gasteiger partial charge in [-0.2, -0.15) is 0 Å². The number of carbonyl (C=O) groups is 1. The molecule has 1 aromatic carbocycles. The molecule has 0 bridgehead atoms. The third kappa shape index (κ3) is 3.16. The minimum absolute atomic E-state index is 0.279. The van der Waals surface area contributed by atoms with Crippen molar-refractivity contribution in [2.75, 3.05) is 23.4 Å². The minimum atomic E-state index is -1.04. The number of hydrogen-bond acceptors (Lipinski definition) is 5. The lowest BCUT2D eigenvalue weighted by Gasteiger charge is -2.12. The number of benzene rings is 1. The minimum Gasteiger partial charge on any atom is -0.388 e. The highest BCUT2D eigenvalue weighted by molar-refractivity contribution is 5.98. The highest BCUT2D eigenvalue weighted by atomic mass is 19.1. The number of nitrogens with two attached hydrogens (primary N) is 1. The van der Waals surface area contributed by atoms with Gasteiger partial charge in [0.15, 0.2) is 0 Å². The molecule has 4 rings (SSSR count). The van der Waals surface area contributed by atoms with E-state index in [2.05, 4.69) is 20.6 Å². The zero-order valence-corrected chi connectivity index (χ0v) is 15.1. The van der Waals surface area contributed by atoms with Crippen molar-refractivity contribution in [1.82, 2.24) is 9.97 Å². The number of nitrogen functional groups attached to an aromatic ring is 1. The summed E-state index contributed by atoms with van der Waals surface area (Å²) in [5.41, 5.74) is 9.93. The van der Waals surface area contributed by atoms with Crippen LogP contribution < -0.4 is 16.4 Å². The SMILES string of the molecule is CNc1cccc(-c2cc3cc(NC(=O)[C@@H]4C[C@@H]4F)ncc3c(N)n2)c1C. The van der Waals surface area contributed by atoms with Crippen LogP contribution in [0.25, 0.3) is 22.0 Å². The van der Waals surface area contributed by atoms with Gasteiger partial charge in [0.05, 0.1) is 11.6 Å². The van der Waals surface area contributed by atoms with Gasteiger partial charge in [0.1, 0.15) is 17.8 Å². The molecule has 27 heavy (non-hydrogen) atoms. The van der Waals surface area contributed by atoms with Crippen LogP contribution in [-0.4, -0.2) is 29.1 Å². The Bertz CT molecular complexity index is 1050. The van der Waals surface area contributed by atoms with Crippen LogP contribution in [0.2, 0.25) is 0 Å². The van der Waals surface area contributed by atoms with Gasteiger partial charge in [-0.15, -0.1) is 0 Å². The van der Waals surface area contributed by atoms with Crippen molar-refractivity contribution in [3.63, 3.8) is 0 Å². The third-order valence-electron chi connectivity index (χ3n) is 4.92. The Morgan fingerprint density at radius 2 is 2.11 bits per heavy atom. The largest absolute Gasteiger partial charge is 0.388 e. The zero-order valence-electron chi connectivity index (χ0n) is 15.1. The van der Waals surface area contributed by atoms with Crippen LogP contribution in [0.4, 0.5) is 21.7 Å². The summed E-state index contributed by atoms with van der Waals surface area (Å²) in [5.74, 6) is -0.154. The van der Waals surface area contributed by atoms with Gasteiger partial charge in [-0.05, 0) is 42.5 Å². The van der Waals surface area contributed by atoms with E-state index in [1.807, 2.05) is 38.2 Å². The maximum Gasteiger partial charge on any atom is 0.231 e. The molecule has 1 amide bonds. The van der Waals surface area contributed by atoms with Gasteiger partial charge < -0.3 is 16.4 Å². The number of hydrogen-bond donors (Lipinski definition) is 3. The van der Waals surface area contributed by atoms with Gasteiger partial charge in [0.2, 0.25) is 5.91 Å². The third-order valence-corrected chi connectivity index (χ3v) is 4.92. The van der Waals surface area contributed by atoms with Crippen molar-refractivity contribution in [3.05, 3.63) is 42.1 Å². The van der Waals surface area contributed by atoms with Crippen molar-refractivity contribution >= 4 is 34.0 Å². The van der Waals surface area contributed by atoms with Crippen LogP contribution in [0.3, 0.4) is 0 Å². The predicted molar refractivity (Wildman–Crippen MR) is 105 cm³/mol. The number of amides is 1. The van der Waals surface area contributed by atoms with Crippen molar-refractivity contribution < 1.29 is 9.18 Å². The molecular formula is C20H20FN5O. The monoisotopic (exact) mass is 365 g/mol. The number of aromatic nitrogens is 2. The van der Waals surface area contributed by atoms with Crippen LogP contribution in [0.15, 0.2) is 36.5 Å². The topological polar surface area (TPSA) is 92.9 Å². The van der Waals surface area contributed by atoms with Gasteiger partial charge in [-0.3, -0.25) is 4.79 Å². The summed E-state index contributed by atoms with van der Waals surface area (Å²) in [6.45, 7) is 2.02. The zero-order chi connectivity index (χ0) is 19.1. The van der Waals surface area contributed by atoms with Gasteiger partial charge in [-0.25, -0.2) is 14.4 Å². The number of pyridine rings is 2. The first-order valence-corrected chi connectivity index (χ1v) is 8.77. The molecule has 2 aromatic heterocycles. The van der Waals surface area contributed by atoms with Crippen molar-refractivity contribution in [2.45, 2.75) is 19.5 Å². The number of anilines is 3. The highest BCUT2D eigenvalue weighted by Gasteiger charge is 2.43. The highest BCUT2D eigenvalue weighted by Crippen LogP contribution is 2.35. The normalized spacial score (nSPS) is 18.3. The average molecular weight is 365 g/mol. The fraction of sp³-hybridized carbons (Fsp3) is 0.250. The lowest BCUT2D eigenvalue weighted by molar-refractivity contribution is -0.117. The van der Waals surface area contributed by atoms with Crippen LogP contribution in [0.5, 0.6) is 0 Å². The Labute approximate surface area is 156 Å². The molecule has 0 radical (unpaired) electrons. The van der Waals surface area contributed by atoms with Crippen LogP contribution in [0, 0.1) is 12.8 Å². The van der Waals surface area contributed by atoms with E-state index in [0.29, 0.717) is 17.0 Å². The standard InChI is InChI=1S/C20H20FN5O/c1-10-12(4-3-5-16(10)23-2)17-6-11-7-18(24-9-14(11)19(22)25-17)26-20(27)13-8-15(13)21/h3-7,9,13,15,23H,8H2,1-2H3,(H2,22,25)(H,24,26,27)/t13-,15+/m1/s1. The maximum absolute atomic E-state index is 13.1. The number of fused-ring (bicyclic) bond motifs is 1. The first-order chi connectivity index (χ1) is 13.0. The molecule has 1 fully saturated rings. The van der Waals surface area contributed by atoms with Crippen molar-refractivity contribution in [3.8, 4) is 11.3 Å². The predicted octanol–water partition coefficient (Wildman–Crippen LogP) is 3.53. The number of carbonyl (C=O) groups excluding carboxylic acids is 1. The Balaban J connectivity index is 1.74. The smallest absolute Gasteiger partial charge is 0.231 e. The molecule has 2 atom stereocenters. The van der Waals surface area contributed by atoms with Crippen LogP contribution in [-0.2, 0) is 4.79 Å². The number of nitrogens with one attached hydrogen (secondary N) is 2. The fourth-order valence-corrected chi connectivity index (χ4v) is 3.22. The molecule has 7 heteroatoms. The number of rotatable bonds is 4. The second kappa shape index (κ2) is 6.50. The van der Waals surface area contributed by atoms with E-state index in [-0.39, 0.29) is 12.3 Å². The molecule has 0 saturated heterocycles. The quantitative estimate of drug-likeness (QED) is 0.658. The number of nitrogens with zero attached hydrogens (tertiary/aromatic N) is 2. The van der Waals surface area contributed by atoms with Gasteiger partial charge in [0.25, 0.3) is 0 Å². The molecule has 138 valence electrons. The Kier molecular flexibility index (Phi) is 4.14. The van der Waals surface area contributed by atoms with E-state index in [1.54, 1.807) is 12.3 Å². The van der Waals surface area contributed by atoms with E-state index in [9.17, 15) is 9.18 Å². The molecule has 0 unspecified atom stereocenters. The fourth-order valence-electron chi connectivity index (χ4n) is 3.22. The second-order valence-electron chi connectivity index (χ2n) is 6.76. The molecular weight excluding hydrogens is 345 g/mol. The molecule has 1 aliphatic carbocycles. The summed E-state index contributed by atoms with van der Waals surface area (Å²) >= 11 is 0. The average Bonchev–Trinajstić information content (AvgIpc) is 3.38. The molecule has 0 aliphatic heterocycles. The first kappa shape index (κ1) is 17.2. The molecule has 6 nitrogen and oxygen atoms in total. The summed E-state index contributed by atoms with van der Waals surface area (Å²) in [5, 5.41) is 7.35. The molecule has 4 N–H and O–H groups in total. The van der Waals surface area contributed by atoms with E-state index in [0.717, 1.165) is 27.9 Å². The second-order valence-corrected chi connectivity index (χ2v) is 6.76. The Morgan fingerprint density at radius 3 is 2.81 bits per heavy atom. The van der Waals surface area contributed by atoms with Crippen molar-refractivity contribution in [2.24, 2.45) is 5.92 Å². The Morgan fingerprint density at radius 1 is 1.33 bits per heavy atom. The van der Waals surface area contributed by atoms with Crippen LogP contribution in [0.1, 0.15) is 12.0 Å². The van der Waals surface area contributed by atoms with E-state index >= 15 is 0 Å². The Hall–Kier alpha value is -3.22. The molecule has 1 saturated carbocycles. The maximum atomic E-state index is 13.1. The molecule has 1 aliphatic rings. The molecule has 0 spiro atoms. The summed E-state index contributed by atoms with van der Waals surface area (Å²) in [7, 11) is 1.87. The number of alkyl halides is 1. The number of halogens is 1. The lowest BCUT2D eigenvalue weighted by Crippen LogP contribution is -2.15. The summed E-state index contributed by atoms with van der Waals surface area (Å²) in [6.07, 6.45) is 0.814. The van der Waals surface area contributed by atoms with E-state index in [4.69, 9.17) is 5.73 Å². The summed E-state index contributed by atoms with van der Waals surface area (Å²) < 4.78 is 13.1.